The van der Waals surface area contributed by atoms with Crippen molar-refractivity contribution in [2.45, 2.75) is 45.2 Å². The molecule has 0 bridgehead atoms. The number of nitrogens with two attached hydrogens (primary N) is 1. The molecule has 1 aromatic rings. The third-order valence-electron chi connectivity index (χ3n) is 4.14. The van der Waals surface area contributed by atoms with Gasteiger partial charge in [-0.2, -0.15) is 0 Å². The SMILES string of the molecule is Cc1occc1CN(C)C(CN)C1CCCC1. The lowest BCUT2D eigenvalue weighted by atomic mass is 9.96. The second kappa shape index (κ2) is 5.69. The van der Waals surface area contributed by atoms with E-state index in [1.54, 1.807) is 6.26 Å². The summed E-state index contributed by atoms with van der Waals surface area (Å²) in [7, 11) is 2.18. The molecule has 17 heavy (non-hydrogen) atoms. The molecule has 1 unspecified atom stereocenters. The Morgan fingerprint density at radius 3 is 2.71 bits per heavy atom. The van der Waals surface area contributed by atoms with E-state index in [4.69, 9.17) is 10.2 Å². The van der Waals surface area contributed by atoms with Crippen molar-refractivity contribution >= 4 is 0 Å². The van der Waals surface area contributed by atoms with E-state index in [2.05, 4.69) is 18.0 Å². The number of rotatable bonds is 5. The van der Waals surface area contributed by atoms with Gasteiger partial charge in [0.05, 0.1) is 6.26 Å². The van der Waals surface area contributed by atoms with Gasteiger partial charge in [-0.3, -0.25) is 4.90 Å². The molecule has 1 aromatic heterocycles. The molecule has 0 aromatic carbocycles. The Bertz CT molecular complexity index is 342. The summed E-state index contributed by atoms with van der Waals surface area (Å²) in [6.45, 7) is 3.73. The summed E-state index contributed by atoms with van der Waals surface area (Å²) < 4.78 is 5.35. The Balaban J connectivity index is 1.97. The maximum atomic E-state index is 5.96. The van der Waals surface area contributed by atoms with Gasteiger partial charge in [-0.15, -0.1) is 0 Å². The van der Waals surface area contributed by atoms with Crippen LogP contribution in [0.25, 0.3) is 0 Å². The highest BCUT2D eigenvalue weighted by Gasteiger charge is 2.27. The van der Waals surface area contributed by atoms with Crippen molar-refractivity contribution in [3.05, 3.63) is 23.7 Å². The first kappa shape index (κ1) is 12.7. The molecule has 3 nitrogen and oxygen atoms in total. The van der Waals surface area contributed by atoms with E-state index in [0.29, 0.717) is 6.04 Å². The number of hydrogen-bond donors (Lipinski definition) is 1. The first-order valence-corrected chi connectivity index (χ1v) is 6.65. The molecule has 3 heteroatoms. The molecule has 0 aliphatic heterocycles. The van der Waals surface area contributed by atoms with Crippen molar-refractivity contribution in [2.75, 3.05) is 13.6 Å². The van der Waals surface area contributed by atoms with Gasteiger partial charge in [0.15, 0.2) is 0 Å². The Kier molecular flexibility index (Phi) is 4.24. The molecule has 0 saturated heterocycles. The van der Waals surface area contributed by atoms with Gasteiger partial charge in [0.2, 0.25) is 0 Å². The molecule has 2 N–H and O–H groups in total. The minimum atomic E-state index is 0.520. The van der Waals surface area contributed by atoms with Crippen LogP contribution in [-0.4, -0.2) is 24.5 Å². The predicted octanol–water partition coefficient (Wildman–Crippen LogP) is 2.54. The van der Waals surface area contributed by atoms with Crippen LogP contribution < -0.4 is 5.73 Å². The summed E-state index contributed by atoms with van der Waals surface area (Å²) in [5.74, 6) is 1.82. The first-order valence-electron chi connectivity index (χ1n) is 6.65. The number of aryl methyl sites for hydroxylation is 1. The van der Waals surface area contributed by atoms with Crippen molar-refractivity contribution in [2.24, 2.45) is 11.7 Å². The second-order valence-electron chi connectivity index (χ2n) is 5.26. The van der Waals surface area contributed by atoms with Crippen LogP contribution in [0.5, 0.6) is 0 Å². The van der Waals surface area contributed by atoms with Crippen molar-refractivity contribution in [3.63, 3.8) is 0 Å². The third kappa shape index (κ3) is 2.90. The largest absolute Gasteiger partial charge is 0.469 e. The van der Waals surface area contributed by atoms with Gasteiger partial charge in [0.1, 0.15) is 5.76 Å². The molecule has 1 fully saturated rings. The maximum Gasteiger partial charge on any atom is 0.105 e. The van der Waals surface area contributed by atoms with Gasteiger partial charge in [-0.25, -0.2) is 0 Å². The fourth-order valence-electron chi connectivity index (χ4n) is 3.04. The lowest BCUT2D eigenvalue weighted by Crippen LogP contribution is -2.42. The van der Waals surface area contributed by atoms with E-state index in [1.807, 2.05) is 6.92 Å². The molecule has 1 aliphatic rings. The first-order chi connectivity index (χ1) is 8.22. The second-order valence-corrected chi connectivity index (χ2v) is 5.26. The van der Waals surface area contributed by atoms with Crippen LogP contribution in [-0.2, 0) is 6.54 Å². The van der Waals surface area contributed by atoms with E-state index >= 15 is 0 Å². The van der Waals surface area contributed by atoms with Crippen LogP contribution in [0, 0.1) is 12.8 Å². The number of furan rings is 1. The number of nitrogens with zero attached hydrogens (tertiary/aromatic N) is 1. The van der Waals surface area contributed by atoms with Crippen molar-refractivity contribution < 1.29 is 4.42 Å². The number of likely N-dealkylation sites (N-methyl/N-ethyl adjacent to an activating group) is 1. The monoisotopic (exact) mass is 236 g/mol. The van der Waals surface area contributed by atoms with Gasteiger partial charge in [-0.1, -0.05) is 12.8 Å². The molecule has 1 aliphatic carbocycles. The lowest BCUT2D eigenvalue weighted by Gasteiger charge is -2.31. The average Bonchev–Trinajstić information content (AvgIpc) is 2.93. The average molecular weight is 236 g/mol. The molecular weight excluding hydrogens is 212 g/mol. The van der Waals surface area contributed by atoms with Crippen LogP contribution >= 0.6 is 0 Å². The molecule has 0 amide bonds. The molecule has 0 radical (unpaired) electrons. The van der Waals surface area contributed by atoms with Crippen LogP contribution in [0.15, 0.2) is 16.7 Å². The summed E-state index contributed by atoms with van der Waals surface area (Å²) in [6, 6.07) is 2.58. The fraction of sp³-hybridized carbons (Fsp3) is 0.714. The standard InChI is InChI=1S/C14H24N2O/c1-11-13(7-8-17-11)10-16(2)14(9-15)12-5-3-4-6-12/h7-8,12,14H,3-6,9-10,15H2,1-2H3. The van der Waals surface area contributed by atoms with Crippen molar-refractivity contribution in [1.29, 1.82) is 0 Å². The highest BCUT2D eigenvalue weighted by molar-refractivity contribution is 5.15. The van der Waals surface area contributed by atoms with Crippen LogP contribution in [0.4, 0.5) is 0 Å². The molecule has 1 atom stereocenters. The van der Waals surface area contributed by atoms with E-state index < -0.39 is 0 Å². The van der Waals surface area contributed by atoms with Gasteiger partial charge < -0.3 is 10.2 Å². The van der Waals surface area contributed by atoms with E-state index in [9.17, 15) is 0 Å². The van der Waals surface area contributed by atoms with Crippen molar-refractivity contribution in [3.8, 4) is 0 Å². The summed E-state index contributed by atoms with van der Waals surface area (Å²) in [4.78, 5) is 2.40. The summed E-state index contributed by atoms with van der Waals surface area (Å²) in [6.07, 6.45) is 7.21. The highest BCUT2D eigenvalue weighted by atomic mass is 16.3. The van der Waals surface area contributed by atoms with Crippen LogP contribution in [0.2, 0.25) is 0 Å². The molecular formula is C14H24N2O. The smallest absolute Gasteiger partial charge is 0.105 e. The van der Waals surface area contributed by atoms with Gasteiger partial charge >= 0.3 is 0 Å². The minimum absolute atomic E-state index is 0.520. The Morgan fingerprint density at radius 2 is 2.18 bits per heavy atom. The normalized spacial score (nSPS) is 19.1. The maximum absolute atomic E-state index is 5.96. The van der Waals surface area contributed by atoms with Gasteiger partial charge in [0.25, 0.3) is 0 Å². The van der Waals surface area contributed by atoms with E-state index in [1.165, 1.54) is 31.2 Å². The summed E-state index contributed by atoms with van der Waals surface area (Å²) >= 11 is 0. The highest BCUT2D eigenvalue weighted by Crippen LogP contribution is 2.30. The van der Waals surface area contributed by atoms with Gasteiger partial charge in [0, 0.05) is 24.7 Å². The van der Waals surface area contributed by atoms with Crippen LogP contribution in [0.1, 0.15) is 37.0 Å². The van der Waals surface area contributed by atoms with E-state index in [-0.39, 0.29) is 0 Å². The molecule has 0 spiro atoms. The minimum Gasteiger partial charge on any atom is -0.469 e. The molecule has 2 rings (SSSR count). The Morgan fingerprint density at radius 1 is 1.47 bits per heavy atom. The Labute approximate surface area is 104 Å². The zero-order valence-corrected chi connectivity index (χ0v) is 11.0. The van der Waals surface area contributed by atoms with Crippen LogP contribution in [0.3, 0.4) is 0 Å². The summed E-state index contributed by atoms with van der Waals surface area (Å²) in [5.41, 5.74) is 7.24. The topological polar surface area (TPSA) is 42.4 Å². The zero-order valence-electron chi connectivity index (χ0n) is 11.0. The zero-order chi connectivity index (χ0) is 12.3. The number of hydrogen-bond acceptors (Lipinski definition) is 3. The molecule has 96 valence electrons. The predicted molar refractivity (Wildman–Crippen MR) is 69.7 cm³/mol. The third-order valence-corrected chi connectivity index (χ3v) is 4.14. The Hall–Kier alpha value is -0.800. The van der Waals surface area contributed by atoms with Gasteiger partial charge in [-0.05, 0) is 38.8 Å². The van der Waals surface area contributed by atoms with Crippen molar-refractivity contribution in [1.82, 2.24) is 4.90 Å². The fourth-order valence-corrected chi connectivity index (χ4v) is 3.04. The molecule has 1 heterocycles. The lowest BCUT2D eigenvalue weighted by molar-refractivity contribution is 0.173. The van der Waals surface area contributed by atoms with E-state index in [0.717, 1.165) is 24.8 Å². The molecule has 1 saturated carbocycles. The summed E-state index contributed by atoms with van der Waals surface area (Å²) in [5, 5.41) is 0. The quantitative estimate of drug-likeness (QED) is 0.854.